The van der Waals surface area contributed by atoms with Crippen molar-refractivity contribution in [1.29, 1.82) is 0 Å². The molecule has 0 amide bonds. The van der Waals surface area contributed by atoms with Crippen LogP contribution in [0.5, 0.6) is 0 Å². The van der Waals surface area contributed by atoms with Crippen molar-refractivity contribution in [2.45, 2.75) is 89.8 Å². The molecule has 0 aromatic carbocycles. The molecule has 136 valence electrons. The van der Waals surface area contributed by atoms with Gasteiger partial charge in [0.15, 0.2) is 0 Å². The zero-order chi connectivity index (χ0) is 17.2. The predicted octanol–water partition coefficient (Wildman–Crippen LogP) is 5.51. The van der Waals surface area contributed by atoms with Gasteiger partial charge in [-0.1, -0.05) is 37.6 Å². The van der Waals surface area contributed by atoms with E-state index in [1.807, 2.05) is 0 Å². The number of aliphatic carboxylic acids is 1. The first-order chi connectivity index (χ1) is 11.7. The third kappa shape index (κ3) is 6.08. The van der Waals surface area contributed by atoms with Crippen LogP contribution in [0.2, 0.25) is 0 Å². The predicted molar refractivity (Wildman–Crippen MR) is 98.0 cm³/mol. The molecule has 2 rings (SSSR count). The Balaban J connectivity index is 1.69. The van der Waals surface area contributed by atoms with Gasteiger partial charge in [0, 0.05) is 6.42 Å². The van der Waals surface area contributed by atoms with E-state index in [1.54, 1.807) is 0 Å². The zero-order valence-corrected chi connectivity index (χ0v) is 15.2. The van der Waals surface area contributed by atoms with Crippen LogP contribution in [0.4, 0.5) is 0 Å². The Kier molecular flexibility index (Phi) is 8.58. The molecule has 0 aliphatic carbocycles. The second kappa shape index (κ2) is 10.7. The fourth-order valence-electron chi connectivity index (χ4n) is 4.21. The molecule has 0 aromatic heterocycles. The van der Waals surface area contributed by atoms with Crippen LogP contribution in [-0.2, 0) is 9.53 Å². The maximum absolute atomic E-state index is 10.5. The van der Waals surface area contributed by atoms with Gasteiger partial charge in [-0.15, -0.1) is 0 Å². The molecular weight excluding hydrogens is 300 g/mol. The summed E-state index contributed by atoms with van der Waals surface area (Å²) in [4.78, 5) is 10.5. The van der Waals surface area contributed by atoms with E-state index in [4.69, 9.17) is 9.84 Å². The molecule has 0 unspecified atom stereocenters. The van der Waals surface area contributed by atoms with E-state index < -0.39 is 5.97 Å². The Morgan fingerprint density at radius 3 is 2.42 bits per heavy atom. The summed E-state index contributed by atoms with van der Waals surface area (Å²) in [5.41, 5.74) is 0. The fourth-order valence-corrected chi connectivity index (χ4v) is 4.21. The highest BCUT2D eigenvalue weighted by Crippen LogP contribution is 2.47. The summed E-state index contributed by atoms with van der Waals surface area (Å²) < 4.78 is 6.17. The van der Waals surface area contributed by atoms with Crippen LogP contribution in [0, 0.1) is 11.8 Å². The third-order valence-electron chi connectivity index (χ3n) is 5.46. The average molecular weight is 335 g/mol. The van der Waals surface area contributed by atoms with Crippen LogP contribution in [0.3, 0.4) is 0 Å². The number of hydrogen-bond acceptors (Lipinski definition) is 2. The molecule has 2 fully saturated rings. The van der Waals surface area contributed by atoms with E-state index in [0.717, 1.165) is 25.2 Å². The lowest BCUT2D eigenvalue weighted by Gasteiger charge is -2.27. The SMILES string of the molecule is CCC/C=C\CCC[C@@H]1[C@H](C/C=C\CCCC(=O)O)[C@@H]2CC[C@H]1O2. The second-order valence-electron chi connectivity index (χ2n) is 7.30. The monoisotopic (exact) mass is 334 g/mol. The minimum Gasteiger partial charge on any atom is -0.481 e. The van der Waals surface area contributed by atoms with Gasteiger partial charge in [0.25, 0.3) is 0 Å². The molecule has 3 nitrogen and oxygen atoms in total. The summed E-state index contributed by atoms with van der Waals surface area (Å²) in [7, 11) is 0. The van der Waals surface area contributed by atoms with Crippen molar-refractivity contribution in [3.63, 3.8) is 0 Å². The molecule has 4 atom stereocenters. The minimum absolute atomic E-state index is 0.274. The van der Waals surface area contributed by atoms with Gasteiger partial charge in [-0.3, -0.25) is 4.79 Å². The van der Waals surface area contributed by atoms with Gasteiger partial charge >= 0.3 is 5.97 Å². The van der Waals surface area contributed by atoms with Gasteiger partial charge in [0.2, 0.25) is 0 Å². The van der Waals surface area contributed by atoms with Crippen LogP contribution >= 0.6 is 0 Å². The summed E-state index contributed by atoms with van der Waals surface area (Å²) in [5, 5.41) is 8.65. The molecule has 2 aliphatic rings. The number of fused-ring (bicyclic) bond motifs is 2. The standard InChI is InChI=1S/C21H34O3/c1-2-3-4-5-6-9-12-17-18(20-16-15-19(17)24-20)13-10-7-8-11-14-21(22)23/h4-5,7,10,17-20H,2-3,6,8-9,11-16H2,1H3,(H,22,23)/b5-4-,10-7-/t17-,18+,19-,20+/m1/s1. The van der Waals surface area contributed by atoms with Crippen molar-refractivity contribution < 1.29 is 14.6 Å². The minimum atomic E-state index is -0.696. The van der Waals surface area contributed by atoms with Gasteiger partial charge < -0.3 is 9.84 Å². The van der Waals surface area contributed by atoms with Gasteiger partial charge in [-0.25, -0.2) is 0 Å². The summed E-state index contributed by atoms with van der Waals surface area (Å²) >= 11 is 0. The number of unbranched alkanes of at least 4 members (excludes halogenated alkanes) is 3. The molecule has 2 saturated heterocycles. The van der Waals surface area contributed by atoms with E-state index in [-0.39, 0.29) is 6.42 Å². The molecule has 0 aromatic rings. The Morgan fingerprint density at radius 1 is 1.00 bits per heavy atom. The Labute approximate surface area is 147 Å². The number of carboxylic acid groups (broad SMARTS) is 1. The van der Waals surface area contributed by atoms with Crippen LogP contribution < -0.4 is 0 Å². The van der Waals surface area contributed by atoms with Crippen LogP contribution in [0.15, 0.2) is 24.3 Å². The van der Waals surface area contributed by atoms with Gasteiger partial charge in [0.1, 0.15) is 0 Å². The van der Waals surface area contributed by atoms with E-state index >= 15 is 0 Å². The molecule has 3 heteroatoms. The van der Waals surface area contributed by atoms with Gasteiger partial charge in [-0.05, 0) is 69.6 Å². The summed E-state index contributed by atoms with van der Waals surface area (Å²) in [6, 6.07) is 0. The quantitative estimate of drug-likeness (QED) is 0.378. The second-order valence-corrected chi connectivity index (χ2v) is 7.30. The van der Waals surface area contributed by atoms with Crippen molar-refractivity contribution in [3.8, 4) is 0 Å². The molecule has 2 bridgehead atoms. The maximum Gasteiger partial charge on any atom is 0.303 e. The molecule has 0 spiro atoms. The van der Waals surface area contributed by atoms with Gasteiger partial charge in [-0.2, -0.15) is 0 Å². The van der Waals surface area contributed by atoms with Crippen molar-refractivity contribution in [2.75, 3.05) is 0 Å². The topological polar surface area (TPSA) is 46.5 Å². The molecule has 1 N–H and O–H groups in total. The summed E-state index contributed by atoms with van der Waals surface area (Å²) in [5.74, 6) is 0.712. The zero-order valence-electron chi connectivity index (χ0n) is 15.2. The van der Waals surface area contributed by atoms with Gasteiger partial charge in [0.05, 0.1) is 12.2 Å². The fraction of sp³-hybridized carbons (Fsp3) is 0.762. The highest BCUT2D eigenvalue weighted by atomic mass is 16.5. The number of rotatable bonds is 12. The largest absolute Gasteiger partial charge is 0.481 e. The number of hydrogen-bond donors (Lipinski definition) is 1. The van der Waals surface area contributed by atoms with Crippen molar-refractivity contribution in [3.05, 3.63) is 24.3 Å². The number of carboxylic acids is 1. The van der Waals surface area contributed by atoms with Crippen LogP contribution in [0.1, 0.15) is 77.6 Å². The highest BCUT2D eigenvalue weighted by Gasteiger charge is 2.47. The van der Waals surface area contributed by atoms with E-state index in [9.17, 15) is 4.79 Å². The molecule has 0 radical (unpaired) electrons. The van der Waals surface area contributed by atoms with Crippen molar-refractivity contribution in [1.82, 2.24) is 0 Å². The Morgan fingerprint density at radius 2 is 1.67 bits per heavy atom. The first kappa shape index (κ1) is 19.2. The number of carbonyl (C=O) groups is 1. The smallest absolute Gasteiger partial charge is 0.303 e. The molecule has 0 saturated carbocycles. The summed E-state index contributed by atoms with van der Waals surface area (Å²) in [6.07, 6.45) is 21.7. The van der Waals surface area contributed by atoms with Crippen molar-refractivity contribution >= 4 is 5.97 Å². The molecule has 2 aliphatic heterocycles. The first-order valence-corrected chi connectivity index (χ1v) is 9.89. The number of allylic oxidation sites excluding steroid dienone is 4. The van der Waals surface area contributed by atoms with E-state index in [1.165, 1.54) is 44.9 Å². The number of ether oxygens (including phenoxy) is 1. The Hall–Kier alpha value is -1.09. The Bertz CT molecular complexity index is 427. The van der Waals surface area contributed by atoms with Crippen LogP contribution in [-0.4, -0.2) is 23.3 Å². The average Bonchev–Trinajstić information content (AvgIpc) is 3.15. The summed E-state index contributed by atoms with van der Waals surface area (Å²) in [6.45, 7) is 2.22. The van der Waals surface area contributed by atoms with Crippen LogP contribution in [0.25, 0.3) is 0 Å². The molecule has 2 heterocycles. The normalized spacial score (nSPS) is 29.2. The van der Waals surface area contributed by atoms with E-state index in [2.05, 4.69) is 31.2 Å². The lowest BCUT2D eigenvalue weighted by Crippen LogP contribution is -2.26. The van der Waals surface area contributed by atoms with Crippen molar-refractivity contribution in [2.24, 2.45) is 11.8 Å². The highest BCUT2D eigenvalue weighted by molar-refractivity contribution is 5.66. The lowest BCUT2D eigenvalue weighted by molar-refractivity contribution is -0.137. The maximum atomic E-state index is 10.5. The first-order valence-electron chi connectivity index (χ1n) is 9.89. The molecule has 24 heavy (non-hydrogen) atoms. The molecular formula is C21H34O3. The third-order valence-corrected chi connectivity index (χ3v) is 5.46. The lowest BCUT2D eigenvalue weighted by atomic mass is 9.75. The van der Waals surface area contributed by atoms with E-state index in [0.29, 0.717) is 18.1 Å².